The molecule has 0 bridgehead atoms. The number of hydrogen-bond acceptors (Lipinski definition) is 2. The Labute approximate surface area is 114 Å². The van der Waals surface area contributed by atoms with Gasteiger partial charge in [0.1, 0.15) is 0 Å². The number of amides is 2. The molecule has 4 heteroatoms. The molecule has 2 heterocycles. The molecule has 2 aliphatic heterocycles. The maximum Gasteiger partial charge on any atom is 0.317 e. The highest BCUT2D eigenvalue weighted by Gasteiger charge is 2.56. The Morgan fingerprint density at radius 2 is 2.05 bits per heavy atom. The van der Waals surface area contributed by atoms with Gasteiger partial charge in [-0.3, -0.25) is 0 Å². The summed E-state index contributed by atoms with van der Waals surface area (Å²) in [5, 5.41) is 3.28. The van der Waals surface area contributed by atoms with Gasteiger partial charge in [0, 0.05) is 31.2 Å². The van der Waals surface area contributed by atoms with Crippen LogP contribution in [0.3, 0.4) is 0 Å². The van der Waals surface area contributed by atoms with Crippen LogP contribution in [-0.4, -0.2) is 43.3 Å². The first kappa shape index (κ1) is 12.0. The van der Waals surface area contributed by atoms with Crippen LogP contribution in [0, 0.1) is 10.8 Å². The van der Waals surface area contributed by atoms with Gasteiger partial charge in [-0.2, -0.15) is 0 Å². The molecule has 19 heavy (non-hydrogen) atoms. The quantitative estimate of drug-likeness (QED) is 0.788. The van der Waals surface area contributed by atoms with E-state index in [4.69, 9.17) is 4.74 Å². The zero-order valence-electron chi connectivity index (χ0n) is 11.6. The fraction of sp³-hybridized carbons (Fsp3) is 0.933. The van der Waals surface area contributed by atoms with E-state index < -0.39 is 0 Å². The number of nitrogens with one attached hydrogen (secondary N) is 1. The number of rotatable bonds is 1. The summed E-state index contributed by atoms with van der Waals surface area (Å²) in [5.41, 5.74) is 0.787. The molecule has 4 aliphatic rings. The first-order valence-electron chi connectivity index (χ1n) is 7.85. The maximum absolute atomic E-state index is 12.3. The van der Waals surface area contributed by atoms with Crippen molar-refractivity contribution in [1.29, 1.82) is 0 Å². The Hall–Kier alpha value is -0.770. The first-order chi connectivity index (χ1) is 9.22. The molecule has 0 aromatic heterocycles. The average molecular weight is 264 g/mol. The van der Waals surface area contributed by atoms with Crippen LogP contribution in [-0.2, 0) is 4.74 Å². The van der Waals surface area contributed by atoms with E-state index in [1.807, 2.05) is 4.90 Å². The molecule has 2 aliphatic carbocycles. The number of ether oxygens (including phenoxy) is 1. The minimum absolute atomic E-state index is 0.178. The molecule has 0 aromatic carbocycles. The molecular weight excluding hydrogens is 240 g/mol. The molecule has 2 spiro atoms. The third-order valence-electron chi connectivity index (χ3n) is 6.00. The minimum atomic E-state index is 0.178. The molecule has 0 aromatic rings. The normalized spacial score (nSPS) is 39.4. The van der Waals surface area contributed by atoms with Crippen molar-refractivity contribution >= 4 is 6.03 Å². The first-order valence-corrected chi connectivity index (χ1v) is 7.85. The summed E-state index contributed by atoms with van der Waals surface area (Å²) in [5.74, 6) is 0. The van der Waals surface area contributed by atoms with Crippen molar-refractivity contribution in [3.05, 3.63) is 0 Å². The van der Waals surface area contributed by atoms with Gasteiger partial charge in [0.15, 0.2) is 0 Å². The maximum atomic E-state index is 12.3. The zero-order chi connectivity index (χ0) is 12.9. The lowest BCUT2D eigenvalue weighted by Crippen LogP contribution is -2.42. The molecule has 106 valence electrons. The van der Waals surface area contributed by atoms with Crippen LogP contribution in [0.25, 0.3) is 0 Å². The van der Waals surface area contributed by atoms with E-state index in [1.165, 1.54) is 32.1 Å². The topological polar surface area (TPSA) is 41.6 Å². The van der Waals surface area contributed by atoms with Gasteiger partial charge in [0.05, 0.1) is 6.61 Å². The largest absolute Gasteiger partial charge is 0.381 e. The van der Waals surface area contributed by atoms with Gasteiger partial charge in [-0.15, -0.1) is 0 Å². The van der Waals surface area contributed by atoms with Crippen molar-refractivity contribution in [3.63, 3.8) is 0 Å². The third-order valence-corrected chi connectivity index (χ3v) is 6.00. The lowest BCUT2D eigenvalue weighted by molar-refractivity contribution is 0.152. The fourth-order valence-electron chi connectivity index (χ4n) is 4.50. The van der Waals surface area contributed by atoms with Crippen LogP contribution in [0.1, 0.15) is 44.9 Å². The van der Waals surface area contributed by atoms with Crippen molar-refractivity contribution in [2.75, 3.05) is 26.3 Å². The van der Waals surface area contributed by atoms with E-state index >= 15 is 0 Å². The molecule has 4 rings (SSSR count). The average Bonchev–Trinajstić information content (AvgIpc) is 2.91. The predicted octanol–water partition coefficient (Wildman–Crippen LogP) is 2.14. The van der Waals surface area contributed by atoms with Crippen molar-refractivity contribution in [3.8, 4) is 0 Å². The summed E-state index contributed by atoms with van der Waals surface area (Å²) < 4.78 is 5.52. The second kappa shape index (κ2) is 4.11. The van der Waals surface area contributed by atoms with Gasteiger partial charge in [-0.1, -0.05) is 12.8 Å². The van der Waals surface area contributed by atoms with E-state index in [9.17, 15) is 4.79 Å². The standard InChI is InChI=1S/C15H24N2O2/c18-13(16-12-9-15(12)3-1-2-4-15)17-7-5-14(10-17)6-8-19-11-14/h12H,1-11H2,(H,16,18). The SMILES string of the molecule is O=C(NC1CC12CCCC2)N1CCC2(CCOC2)C1. The summed E-state index contributed by atoms with van der Waals surface area (Å²) in [4.78, 5) is 14.4. The highest BCUT2D eigenvalue weighted by molar-refractivity contribution is 5.75. The van der Waals surface area contributed by atoms with Gasteiger partial charge in [-0.25, -0.2) is 4.79 Å². The molecule has 2 saturated heterocycles. The van der Waals surface area contributed by atoms with E-state index in [2.05, 4.69) is 5.32 Å². The van der Waals surface area contributed by atoms with Crippen molar-refractivity contribution in [2.24, 2.45) is 10.8 Å². The van der Waals surface area contributed by atoms with Gasteiger partial charge in [-0.05, 0) is 37.5 Å². The zero-order valence-corrected chi connectivity index (χ0v) is 11.6. The van der Waals surface area contributed by atoms with Crippen molar-refractivity contribution < 1.29 is 9.53 Å². The summed E-state index contributed by atoms with van der Waals surface area (Å²) in [6, 6.07) is 0.649. The van der Waals surface area contributed by atoms with Crippen LogP contribution in [0.4, 0.5) is 4.79 Å². The highest BCUT2D eigenvalue weighted by Crippen LogP contribution is 2.57. The molecule has 1 N–H and O–H groups in total. The van der Waals surface area contributed by atoms with Crippen LogP contribution in [0.2, 0.25) is 0 Å². The van der Waals surface area contributed by atoms with Gasteiger partial charge < -0.3 is 15.0 Å². The van der Waals surface area contributed by atoms with Crippen LogP contribution >= 0.6 is 0 Å². The molecule has 2 unspecified atom stereocenters. The van der Waals surface area contributed by atoms with Crippen LogP contribution in [0.15, 0.2) is 0 Å². The Kier molecular flexibility index (Phi) is 2.60. The molecule has 0 radical (unpaired) electrons. The summed E-state index contributed by atoms with van der Waals surface area (Å²) >= 11 is 0. The van der Waals surface area contributed by atoms with Crippen molar-refractivity contribution in [2.45, 2.75) is 51.0 Å². The smallest absolute Gasteiger partial charge is 0.317 e. The molecule has 4 fully saturated rings. The Balaban J connectivity index is 1.32. The molecule has 4 nitrogen and oxygen atoms in total. The third kappa shape index (κ3) is 1.95. The number of carbonyl (C=O) groups is 1. The molecule has 2 saturated carbocycles. The van der Waals surface area contributed by atoms with Crippen LogP contribution in [0.5, 0.6) is 0 Å². The number of hydrogen-bond donors (Lipinski definition) is 1. The Bertz CT molecular complexity index is 384. The van der Waals surface area contributed by atoms with E-state index in [0.29, 0.717) is 11.5 Å². The van der Waals surface area contributed by atoms with Crippen molar-refractivity contribution in [1.82, 2.24) is 10.2 Å². The lowest BCUT2D eigenvalue weighted by Gasteiger charge is -2.22. The molecule has 2 atom stereocenters. The minimum Gasteiger partial charge on any atom is -0.381 e. The summed E-state index contributed by atoms with van der Waals surface area (Å²) in [7, 11) is 0. The number of carbonyl (C=O) groups excluding carboxylic acids is 1. The van der Waals surface area contributed by atoms with E-state index in [0.717, 1.165) is 39.1 Å². The van der Waals surface area contributed by atoms with E-state index in [1.54, 1.807) is 0 Å². The van der Waals surface area contributed by atoms with Gasteiger partial charge >= 0.3 is 6.03 Å². The van der Waals surface area contributed by atoms with Gasteiger partial charge in [0.2, 0.25) is 0 Å². The number of nitrogens with zero attached hydrogens (tertiary/aromatic N) is 1. The predicted molar refractivity (Wildman–Crippen MR) is 71.9 cm³/mol. The number of likely N-dealkylation sites (tertiary alicyclic amines) is 1. The number of urea groups is 1. The van der Waals surface area contributed by atoms with E-state index in [-0.39, 0.29) is 11.4 Å². The second-order valence-corrected chi connectivity index (χ2v) is 7.25. The van der Waals surface area contributed by atoms with Gasteiger partial charge in [0.25, 0.3) is 0 Å². The Morgan fingerprint density at radius 1 is 1.21 bits per heavy atom. The Morgan fingerprint density at radius 3 is 2.79 bits per heavy atom. The fourth-order valence-corrected chi connectivity index (χ4v) is 4.50. The summed E-state index contributed by atoms with van der Waals surface area (Å²) in [6.45, 7) is 3.54. The second-order valence-electron chi connectivity index (χ2n) is 7.25. The molecule has 2 amide bonds. The van der Waals surface area contributed by atoms with Crippen LogP contribution < -0.4 is 5.32 Å². The lowest BCUT2D eigenvalue weighted by atomic mass is 9.87. The monoisotopic (exact) mass is 264 g/mol. The highest BCUT2D eigenvalue weighted by atomic mass is 16.5. The molecular formula is C15H24N2O2. The summed E-state index contributed by atoms with van der Waals surface area (Å²) in [6.07, 6.45) is 8.85.